The van der Waals surface area contributed by atoms with Gasteiger partial charge >= 0.3 is 0 Å². The van der Waals surface area contributed by atoms with Crippen molar-refractivity contribution in [1.29, 1.82) is 0 Å². The summed E-state index contributed by atoms with van der Waals surface area (Å²) in [7, 11) is 0. The molecule has 1 aliphatic rings. The fourth-order valence-corrected chi connectivity index (χ4v) is 2.26. The maximum Gasteiger partial charge on any atom is 0.0271 e. The van der Waals surface area contributed by atoms with Crippen LogP contribution in [0.5, 0.6) is 0 Å². The third-order valence-electron chi connectivity index (χ3n) is 3.24. The molecule has 2 atom stereocenters. The lowest BCUT2D eigenvalue weighted by Crippen LogP contribution is -2.37. The fraction of sp³-hybridized carbons (Fsp3) is 0.615. The van der Waals surface area contributed by atoms with E-state index in [1.807, 2.05) is 12.4 Å². The molecular weight excluding hydrogens is 198 g/mol. The Kier molecular flexibility index (Phi) is 3.91. The molecular formula is C13H21N3. The Balaban J connectivity index is 2.01. The second-order valence-corrected chi connectivity index (χ2v) is 4.90. The number of pyridine rings is 1. The molecule has 1 aliphatic heterocycles. The molecule has 3 heteroatoms. The van der Waals surface area contributed by atoms with Crippen LogP contribution in [-0.4, -0.2) is 35.6 Å². The van der Waals surface area contributed by atoms with Crippen LogP contribution in [0.1, 0.15) is 19.4 Å². The summed E-state index contributed by atoms with van der Waals surface area (Å²) in [6.07, 6.45) is 3.75. The highest BCUT2D eigenvalue weighted by atomic mass is 15.2. The topological polar surface area (TPSA) is 28.2 Å². The minimum absolute atomic E-state index is 0.609. The molecule has 1 saturated heterocycles. The van der Waals surface area contributed by atoms with Crippen LogP contribution in [0.4, 0.5) is 0 Å². The molecule has 0 radical (unpaired) electrons. The van der Waals surface area contributed by atoms with Gasteiger partial charge in [0.25, 0.3) is 0 Å². The van der Waals surface area contributed by atoms with Crippen molar-refractivity contribution in [2.75, 3.05) is 19.6 Å². The predicted octanol–water partition coefficient (Wildman–Crippen LogP) is 1.51. The average Bonchev–Trinajstić information content (AvgIpc) is 2.43. The Bertz CT molecular complexity index is 312. The lowest BCUT2D eigenvalue weighted by atomic mass is 10.1. The van der Waals surface area contributed by atoms with Gasteiger partial charge in [0.2, 0.25) is 0 Å². The maximum absolute atomic E-state index is 4.06. The Hall–Kier alpha value is -0.930. The lowest BCUT2D eigenvalue weighted by molar-refractivity contribution is 0.195. The third-order valence-corrected chi connectivity index (χ3v) is 3.24. The van der Waals surface area contributed by atoms with Gasteiger partial charge in [0.1, 0.15) is 0 Å². The first-order chi connectivity index (χ1) is 7.75. The van der Waals surface area contributed by atoms with E-state index >= 15 is 0 Å². The van der Waals surface area contributed by atoms with E-state index in [1.165, 1.54) is 12.1 Å². The molecule has 3 nitrogen and oxygen atoms in total. The summed E-state index contributed by atoms with van der Waals surface area (Å²) in [5.41, 5.74) is 1.36. The number of rotatable bonds is 2. The van der Waals surface area contributed by atoms with E-state index in [2.05, 4.69) is 41.2 Å². The van der Waals surface area contributed by atoms with Crippen LogP contribution in [-0.2, 0) is 6.54 Å². The summed E-state index contributed by atoms with van der Waals surface area (Å²) in [5.74, 6) is 0.729. The molecule has 2 heterocycles. The standard InChI is InChI=1S/C13H21N3/c1-11-7-15-8-12(2)16(9-11)10-13-3-5-14-6-4-13/h3-6,11-12,15H,7-10H2,1-2H3. The van der Waals surface area contributed by atoms with E-state index in [0.717, 1.165) is 25.6 Å². The second kappa shape index (κ2) is 5.41. The van der Waals surface area contributed by atoms with Gasteiger partial charge in [-0.2, -0.15) is 0 Å². The van der Waals surface area contributed by atoms with E-state index in [1.54, 1.807) is 0 Å². The largest absolute Gasteiger partial charge is 0.315 e. The smallest absolute Gasteiger partial charge is 0.0271 e. The van der Waals surface area contributed by atoms with Gasteiger partial charge in [0.05, 0.1) is 0 Å². The van der Waals surface area contributed by atoms with Crippen molar-refractivity contribution in [3.05, 3.63) is 30.1 Å². The zero-order chi connectivity index (χ0) is 11.4. The van der Waals surface area contributed by atoms with Crippen molar-refractivity contribution in [1.82, 2.24) is 15.2 Å². The summed E-state index contributed by atoms with van der Waals surface area (Å²) >= 11 is 0. The average molecular weight is 219 g/mol. The second-order valence-electron chi connectivity index (χ2n) is 4.90. The van der Waals surface area contributed by atoms with Crippen molar-refractivity contribution < 1.29 is 0 Å². The van der Waals surface area contributed by atoms with Crippen LogP contribution in [0.2, 0.25) is 0 Å². The summed E-state index contributed by atoms with van der Waals surface area (Å²) < 4.78 is 0. The van der Waals surface area contributed by atoms with Gasteiger partial charge in [0, 0.05) is 38.1 Å². The van der Waals surface area contributed by atoms with Crippen molar-refractivity contribution in [3.8, 4) is 0 Å². The van der Waals surface area contributed by atoms with Crippen LogP contribution in [0.25, 0.3) is 0 Å². The first-order valence-corrected chi connectivity index (χ1v) is 6.09. The zero-order valence-electron chi connectivity index (χ0n) is 10.2. The highest BCUT2D eigenvalue weighted by Crippen LogP contribution is 2.12. The summed E-state index contributed by atoms with van der Waals surface area (Å²) in [6, 6.07) is 4.82. The quantitative estimate of drug-likeness (QED) is 0.817. The number of aromatic nitrogens is 1. The third kappa shape index (κ3) is 3.03. The van der Waals surface area contributed by atoms with Crippen LogP contribution in [0.3, 0.4) is 0 Å². The summed E-state index contributed by atoms with van der Waals surface area (Å²) in [5, 5.41) is 3.51. The highest BCUT2D eigenvalue weighted by Gasteiger charge is 2.20. The van der Waals surface area contributed by atoms with Crippen LogP contribution >= 0.6 is 0 Å². The number of hydrogen-bond acceptors (Lipinski definition) is 3. The molecule has 1 fully saturated rings. The van der Waals surface area contributed by atoms with Crippen LogP contribution in [0, 0.1) is 5.92 Å². The molecule has 88 valence electrons. The first kappa shape index (κ1) is 11.6. The molecule has 1 aromatic rings. The first-order valence-electron chi connectivity index (χ1n) is 6.09. The number of hydrogen-bond donors (Lipinski definition) is 1. The monoisotopic (exact) mass is 219 g/mol. The van der Waals surface area contributed by atoms with Crippen LogP contribution in [0.15, 0.2) is 24.5 Å². The number of nitrogens with zero attached hydrogens (tertiary/aromatic N) is 2. The number of nitrogens with one attached hydrogen (secondary N) is 1. The molecule has 0 aromatic carbocycles. The van der Waals surface area contributed by atoms with Gasteiger partial charge in [-0.1, -0.05) is 6.92 Å². The van der Waals surface area contributed by atoms with Gasteiger partial charge in [-0.05, 0) is 37.1 Å². The molecule has 1 aromatic heterocycles. The van der Waals surface area contributed by atoms with Crippen molar-refractivity contribution in [2.24, 2.45) is 5.92 Å². The van der Waals surface area contributed by atoms with Crippen molar-refractivity contribution in [3.63, 3.8) is 0 Å². The van der Waals surface area contributed by atoms with Gasteiger partial charge in [-0.3, -0.25) is 9.88 Å². The molecule has 0 amide bonds. The van der Waals surface area contributed by atoms with Crippen molar-refractivity contribution >= 4 is 0 Å². The van der Waals surface area contributed by atoms with Crippen LogP contribution < -0.4 is 5.32 Å². The Labute approximate surface area is 97.9 Å². The Morgan fingerprint density at radius 2 is 2.06 bits per heavy atom. The molecule has 2 rings (SSSR count). The molecule has 16 heavy (non-hydrogen) atoms. The molecule has 0 spiro atoms. The van der Waals surface area contributed by atoms with Gasteiger partial charge in [-0.25, -0.2) is 0 Å². The summed E-state index contributed by atoms with van der Waals surface area (Å²) in [4.78, 5) is 6.62. The maximum atomic E-state index is 4.06. The molecule has 0 bridgehead atoms. The van der Waals surface area contributed by atoms with Crippen molar-refractivity contribution in [2.45, 2.75) is 26.4 Å². The Morgan fingerprint density at radius 1 is 1.31 bits per heavy atom. The SMILES string of the molecule is CC1CNCC(C)N(Cc2ccncc2)C1. The van der Waals surface area contributed by atoms with Gasteiger partial charge < -0.3 is 5.32 Å². The molecule has 1 N–H and O–H groups in total. The minimum atomic E-state index is 0.609. The van der Waals surface area contributed by atoms with E-state index in [0.29, 0.717) is 6.04 Å². The normalized spacial score (nSPS) is 27.6. The predicted molar refractivity (Wildman–Crippen MR) is 66.1 cm³/mol. The zero-order valence-corrected chi connectivity index (χ0v) is 10.2. The van der Waals surface area contributed by atoms with E-state index in [9.17, 15) is 0 Å². The van der Waals surface area contributed by atoms with Gasteiger partial charge in [0.15, 0.2) is 0 Å². The minimum Gasteiger partial charge on any atom is -0.315 e. The highest BCUT2D eigenvalue weighted by molar-refractivity contribution is 5.09. The van der Waals surface area contributed by atoms with Gasteiger partial charge in [-0.15, -0.1) is 0 Å². The lowest BCUT2D eigenvalue weighted by Gasteiger charge is -2.27. The van der Waals surface area contributed by atoms with E-state index in [-0.39, 0.29) is 0 Å². The summed E-state index contributed by atoms with van der Waals surface area (Å²) in [6.45, 7) is 9.05. The van der Waals surface area contributed by atoms with E-state index < -0.39 is 0 Å². The molecule has 2 unspecified atom stereocenters. The Morgan fingerprint density at radius 3 is 2.81 bits per heavy atom. The molecule has 0 aliphatic carbocycles. The fourth-order valence-electron chi connectivity index (χ4n) is 2.26. The van der Waals surface area contributed by atoms with E-state index in [4.69, 9.17) is 0 Å². The molecule has 0 saturated carbocycles.